The first-order valence-electron chi connectivity index (χ1n) is 6.26. The van der Waals surface area contributed by atoms with E-state index in [1.807, 2.05) is 49.4 Å². The van der Waals surface area contributed by atoms with Crippen LogP contribution in [0.25, 0.3) is 0 Å². The first kappa shape index (κ1) is 14.3. The summed E-state index contributed by atoms with van der Waals surface area (Å²) in [5.74, 6) is 1.52. The summed E-state index contributed by atoms with van der Waals surface area (Å²) in [6, 6.07) is 13.6. The molecule has 2 aromatic rings. The van der Waals surface area contributed by atoms with Crippen LogP contribution in [0.4, 0.5) is 0 Å². The quantitative estimate of drug-likeness (QED) is 0.858. The second kappa shape index (κ2) is 6.39. The lowest BCUT2D eigenvalue weighted by molar-refractivity contribution is 0.305. The van der Waals surface area contributed by atoms with Crippen molar-refractivity contribution in [3.05, 3.63) is 59.2 Å². The molecule has 4 heteroatoms. The molecule has 0 heterocycles. The van der Waals surface area contributed by atoms with Crippen LogP contribution < -0.4 is 15.2 Å². The van der Waals surface area contributed by atoms with Crippen LogP contribution in [0.15, 0.2) is 42.5 Å². The molecule has 0 aliphatic rings. The number of nitrogens with two attached hydrogens (primary N) is 1. The molecule has 0 aliphatic heterocycles. The van der Waals surface area contributed by atoms with Gasteiger partial charge in [0.05, 0.1) is 12.7 Å². The van der Waals surface area contributed by atoms with Crippen molar-refractivity contribution < 1.29 is 9.47 Å². The van der Waals surface area contributed by atoms with Gasteiger partial charge >= 0.3 is 0 Å². The molecule has 0 spiro atoms. The van der Waals surface area contributed by atoms with Crippen LogP contribution in [0, 0.1) is 6.92 Å². The van der Waals surface area contributed by atoms with E-state index in [-0.39, 0.29) is 0 Å². The Bertz CT molecular complexity index is 626. The highest BCUT2D eigenvalue weighted by molar-refractivity contribution is 7.80. The molecule has 0 fully saturated rings. The SMILES string of the molecule is COc1ccc(COc2cccc(C)c2)cc1C(N)=S. The van der Waals surface area contributed by atoms with Crippen LogP contribution in [0.1, 0.15) is 16.7 Å². The van der Waals surface area contributed by atoms with Gasteiger partial charge in [0.15, 0.2) is 0 Å². The first-order chi connectivity index (χ1) is 9.60. The third kappa shape index (κ3) is 3.48. The fourth-order valence-corrected chi connectivity index (χ4v) is 2.07. The molecule has 104 valence electrons. The number of rotatable bonds is 5. The van der Waals surface area contributed by atoms with Crippen molar-refractivity contribution in [2.45, 2.75) is 13.5 Å². The molecule has 0 radical (unpaired) electrons. The zero-order chi connectivity index (χ0) is 14.5. The molecule has 3 nitrogen and oxygen atoms in total. The molecule has 0 unspecified atom stereocenters. The Kier molecular flexibility index (Phi) is 4.58. The number of methoxy groups -OCH3 is 1. The summed E-state index contributed by atoms with van der Waals surface area (Å²) in [6.07, 6.45) is 0. The van der Waals surface area contributed by atoms with Crippen molar-refractivity contribution in [2.75, 3.05) is 7.11 Å². The highest BCUT2D eigenvalue weighted by Crippen LogP contribution is 2.21. The lowest BCUT2D eigenvalue weighted by Crippen LogP contribution is -2.12. The molecule has 0 bridgehead atoms. The maximum atomic E-state index is 5.76. The molecule has 0 atom stereocenters. The van der Waals surface area contributed by atoms with Crippen molar-refractivity contribution in [1.82, 2.24) is 0 Å². The number of benzene rings is 2. The Morgan fingerprint density at radius 2 is 2.00 bits per heavy atom. The van der Waals surface area contributed by atoms with Crippen molar-refractivity contribution in [3.63, 3.8) is 0 Å². The predicted molar refractivity (Wildman–Crippen MR) is 84.4 cm³/mol. The van der Waals surface area contributed by atoms with E-state index in [1.165, 1.54) is 5.56 Å². The van der Waals surface area contributed by atoms with Crippen LogP contribution in [-0.4, -0.2) is 12.1 Å². The molecule has 0 amide bonds. The van der Waals surface area contributed by atoms with Crippen molar-refractivity contribution in [1.29, 1.82) is 0 Å². The molecule has 0 saturated heterocycles. The second-order valence-electron chi connectivity index (χ2n) is 4.50. The van der Waals surface area contributed by atoms with E-state index in [2.05, 4.69) is 0 Å². The standard InChI is InChI=1S/C16H17NO2S/c1-11-4-3-5-13(8-11)19-10-12-6-7-15(18-2)14(9-12)16(17)20/h3-9H,10H2,1-2H3,(H2,17,20). The van der Waals surface area contributed by atoms with Gasteiger partial charge in [0.2, 0.25) is 0 Å². The topological polar surface area (TPSA) is 44.5 Å². The summed E-state index contributed by atoms with van der Waals surface area (Å²) in [5.41, 5.74) is 8.59. The third-order valence-corrected chi connectivity index (χ3v) is 3.14. The van der Waals surface area contributed by atoms with Gasteiger partial charge in [-0.15, -0.1) is 0 Å². The van der Waals surface area contributed by atoms with Crippen LogP contribution in [0.3, 0.4) is 0 Å². The molecule has 2 N–H and O–H groups in total. The molecule has 0 aromatic heterocycles. The molecule has 2 rings (SSSR count). The summed E-state index contributed by atoms with van der Waals surface area (Å²) in [5, 5.41) is 0. The largest absolute Gasteiger partial charge is 0.496 e. The minimum absolute atomic E-state index is 0.319. The van der Waals surface area contributed by atoms with Gasteiger partial charge in [0, 0.05) is 0 Å². The van der Waals surface area contributed by atoms with Gasteiger partial charge in [0.25, 0.3) is 0 Å². The van der Waals surface area contributed by atoms with Crippen LogP contribution in [-0.2, 0) is 6.61 Å². The fraction of sp³-hybridized carbons (Fsp3) is 0.188. The number of hydrogen-bond acceptors (Lipinski definition) is 3. The molecule has 2 aromatic carbocycles. The Hall–Kier alpha value is -2.07. The Balaban J connectivity index is 2.14. The van der Waals surface area contributed by atoms with E-state index in [1.54, 1.807) is 7.11 Å². The van der Waals surface area contributed by atoms with Crippen LogP contribution in [0.2, 0.25) is 0 Å². The molecule has 20 heavy (non-hydrogen) atoms. The number of hydrogen-bond donors (Lipinski definition) is 1. The van der Waals surface area contributed by atoms with Crippen molar-refractivity contribution in [2.24, 2.45) is 5.73 Å². The average molecular weight is 287 g/mol. The summed E-state index contributed by atoms with van der Waals surface area (Å²) in [7, 11) is 1.60. The van der Waals surface area contributed by atoms with Gasteiger partial charge < -0.3 is 15.2 Å². The number of thiocarbonyl (C=S) groups is 1. The minimum atomic E-state index is 0.319. The van der Waals surface area contributed by atoms with E-state index in [0.717, 1.165) is 16.9 Å². The summed E-state index contributed by atoms with van der Waals surface area (Å²) < 4.78 is 11.0. The van der Waals surface area contributed by atoms with Crippen LogP contribution >= 0.6 is 12.2 Å². The summed E-state index contributed by atoms with van der Waals surface area (Å²) >= 11 is 5.03. The van der Waals surface area contributed by atoms with Crippen molar-refractivity contribution >= 4 is 17.2 Å². The van der Waals surface area contributed by atoms with E-state index in [9.17, 15) is 0 Å². The van der Waals surface area contributed by atoms with Crippen LogP contribution in [0.5, 0.6) is 11.5 Å². The first-order valence-corrected chi connectivity index (χ1v) is 6.67. The lowest BCUT2D eigenvalue weighted by atomic mass is 10.1. The summed E-state index contributed by atoms with van der Waals surface area (Å²) in [6.45, 7) is 2.49. The van der Waals surface area contributed by atoms with Gasteiger partial charge in [-0.25, -0.2) is 0 Å². The average Bonchev–Trinajstić information content (AvgIpc) is 2.45. The maximum absolute atomic E-state index is 5.76. The second-order valence-corrected chi connectivity index (χ2v) is 4.94. The Morgan fingerprint density at radius 3 is 2.65 bits per heavy atom. The minimum Gasteiger partial charge on any atom is -0.496 e. The zero-order valence-corrected chi connectivity index (χ0v) is 12.4. The predicted octanol–water partition coefficient (Wildman–Crippen LogP) is 3.22. The smallest absolute Gasteiger partial charge is 0.129 e. The van der Waals surface area contributed by atoms with E-state index < -0.39 is 0 Å². The number of ether oxygens (including phenoxy) is 2. The molecule has 0 saturated carbocycles. The monoisotopic (exact) mass is 287 g/mol. The fourth-order valence-electron chi connectivity index (χ4n) is 1.91. The zero-order valence-electron chi connectivity index (χ0n) is 11.6. The third-order valence-electron chi connectivity index (χ3n) is 2.92. The normalized spacial score (nSPS) is 10.1. The van der Waals surface area contributed by atoms with Crippen molar-refractivity contribution in [3.8, 4) is 11.5 Å². The highest BCUT2D eigenvalue weighted by atomic mass is 32.1. The Morgan fingerprint density at radius 1 is 1.20 bits per heavy atom. The maximum Gasteiger partial charge on any atom is 0.129 e. The molecular weight excluding hydrogens is 270 g/mol. The highest BCUT2D eigenvalue weighted by Gasteiger charge is 2.07. The van der Waals surface area contributed by atoms with Gasteiger partial charge in [-0.1, -0.05) is 30.4 Å². The van der Waals surface area contributed by atoms with Gasteiger partial charge in [0.1, 0.15) is 23.1 Å². The van der Waals surface area contributed by atoms with E-state index in [0.29, 0.717) is 17.3 Å². The van der Waals surface area contributed by atoms with E-state index in [4.69, 9.17) is 27.4 Å². The van der Waals surface area contributed by atoms with Gasteiger partial charge in [-0.3, -0.25) is 0 Å². The summed E-state index contributed by atoms with van der Waals surface area (Å²) in [4.78, 5) is 0.319. The Labute approximate surface area is 124 Å². The molecule has 0 aliphatic carbocycles. The van der Waals surface area contributed by atoms with Gasteiger partial charge in [-0.2, -0.15) is 0 Å². The van der Waals surface area contributed by atoms with Gasteiger partial charge in [-0.05, 0) is 42.3 Å². The van der Waals surface area contributed by atoms with E-state index >= 15 is 0 Å². The number of aryl methyl sites for hydroxylation is 1. The lowest BCUT2D eigenvalue weighted by Gasteiger charge is -2.11. The molecular formula is C16H17NO2S.